The summed E-state index contributed by atoms with van der Waals surface area (Å²) in [7, 11) is 1.30. The molecule has 1 aromatic carbocycles. The number of amides is 2. The Morgan fingerprint density at radius 1 is 1.04 bits per heavy atom. The number of hydrogen-bond donors (Lipinski definition) is 2. The predicted octanol–water partition coefficient (Wildman–Crippen LogP) is 1.35. The highest BCUT2D eigenvalue weighted by Crippen LogP contribution is 2.29. The van der Waals surface area contributed by atoms with Gasteiger partial charge in [-0.25, -0.2) is 4.79 Å². The molecule has 1 heterocycles. The Bertz CT molecular complexity index is 697. The van der Waals surface area contributed by atoms with Gasteiger partial charge in [0.2, 0.25) is 5.91 Å². The van der Waals surface area contributed by atoms with Gasteiger partial charge in [-0.2, -0.15) is 0 Å². The van der Waals surface area contributed by atoms with Crippen molar-refractivity contribution >= 4 is 17.8 Å². The molecule has 0 spiro atoms. The van der Waals surface area contributed by atoms with E-state index in [4.69, 9.17) is 0 Å². The number of aliphatic hydroxyl groups excluding tert-OH is 1. The number of nitrogens with zero attached hydrogens (tertiary/aromatic N) is 1. The number of rotatable bonds is 4. The van der Waals surface area contributed by atoms with E-state index in [1.807, 2.05) is 4.90 Å². The van der Waals surface area contributed by atoms with Crippen molar-refractivity contribution in [3.8, 4) is 0 Å². The van der Waals surface area contributed by atoms with E-state index >= 15 is 0 Å². The van der Waals surface area contributed by atoms with Crippen LogP contribution in [0.1, 0.15) is 52.8 Å². The van der Waals surface area contributed by atoms with E-state index in [0.29, 0.717) is 24.0 Å². The molecule has 0 bridgehead atoms. The third-order valence-electron chi connectivity index (χ3n) is 5.43. The van der Waals surface area contributed by atoms with Gasteiger partial charge in [-0.15, -0.1) is 0 Å². The lowest BCUT2D eigenvalue weighted by Crippen LogP contribution is -2.41. The number of piperidine rings is 1. The number of ether oxygens (including phenoxy) is 1. The van der Waals surface area contributed by atoms with Crippen LogP contribution in [-0.4, -0.2) is 60.1 Å². The molecule has 1 aliphatic carbocycles. The molecular formula is C20H26N2O5. The molecule has 2 aliphatic rings. The topological polar surface area (TPSA) is 95.9 Å². The lowest BCUT2D eigenvalue weighted by atomic mass is 10.0. The van der Waals surface area contributed by atoms with E-state index in [-0.39, 0.29) is 17.7 Å². The number of carbonyl (C=O) groups excluding carboxylic acids is 3. The standard InChI is InChI=1S/C20H26N2O5/c1-27-20(26)14-7-5-13(6-8-14)18(24)21-16-11-15(12-17(16)23)19(25)22-9-3-2-4-10-22/h5-8,15-17,23H,2-4,9-12H2,1H3,(H,21,24)/t15-,16+,17+/m0/s1. The normalized spacial score (nSPS) is 25.1. The summed E-state index contributed by atoms with van der Waals surface area (Å²) in [5, 5.41) is 13.1. The van der Waals surface area contributed by atoms with Crippen molar-refractivity contribution in [3.63, 3.8) is 0 Å². The van der Waals surface area contributed by atoms with E-state index in [9.17, 15) is 19.5 Å². The van der Waals surface area contributed by atoms with Gasteiger partial charge in [0.25, 0.3) is 5.91 Å². The molecule has 3 rings (SSSR count). The molecule has 27 heavy (non-hydrogen) atoms. The highest BCUT2D eigenvalue weighted by atomic mass is 16.5. The predicted molar refractivity (Wildman–Crippen MR) is 98.2 cm³/mol. The van der Waals surface area contributed by atoms with Crippen LogP contribution in [0.4, 0.5) is 0 Å². The van der Waals surface area contributed by atoms with Gasteiger partial charge in [0.15, 0.2) is 0 Å². The molecule has 0 aromatic heterocycles. The molecule has 2 fully saturated rings. The van der Waals surface area contributed by atoms with E-state index < -0.39 is 18.1 Å². The van der Waals surface area contributed by atoms with Gasteiger partial charge < -0.3 is 20.1 Å². The average molecular weight is 374 g/mol. The quantitative estimate of drug-likeness (QED) is 0.776. The van der Waals surface area contributed by atoms with Crippen LogP contribution >= 0.6 is 0 Å². The first-order valence-corrected chi connectivity index (χ1v) is 9.45. The summed E-state index contributed by atoms with van der Waals surface area (Å²) in [5.41, 5.74) is 0.753. The Labute approximate surface area is 158 Å². The van der Waals surface area contributed by atoms with E-state index in [1.165, 1.54) is 19.2 Å². The zero-order valence-corrected chi connectivity index (χ0v) is 15.5. The molecule has 3 atom stereocenters. The number of benzene rings is 1. The van der Waals surface area contributed by atoms with E-state index in [0.717, 1.165) is 32.4 Å². The second-order valence-electron chi connectivity index (χ2n) is 7.27. The average Bonchev–Trinajstić information content (AvgIpc) is 3.07. The molecule has 2 amide bonds. The van der Waals surface area contributed by atoms with Gasteiger partial charge in [-0.3, -0.25) is 9.59 Å². The Morgan fingerprint density at radius 3 is 2.30 bits per heavy atom. The summed E-state index contributed by atoms with van der Waals surface area (Å²) in [6.07, 6.45) is 3.31. The third-order valence-corrected chi connectivity index (χ3v) is 5.43. The second kappa shape index (κ2) is 8.52. The van der Waals surface area contributed by atoms with Gasteiger partial charge in [0.1, 0.15) is 0 Å². The van der Waals surface area contributed by atoms with Gasteiger partial charge in [-0.05, 0) is 56.4 Å². The molecule has 0 radical (unpaired) electrons. The minimum absolute atomic E-state index is 0.0907. The lowest BCUT2D eigenvalue weighted by molar-refractivity contribution is -0.136. The Kier molecular flexibility index (Phi) is 6.11. The van der Waals surface area contributed by atoms with Crippen LogP contribution in [0.5, 0.6) is 0 Å². The summed E-state index contributed by atoms with van der Waals surface area (Å²) in [4.78, 5) is 38.4. The summed E-state index contributed by atoms with van der Waals surface area (Å²) >= 11 is 0. The molecule has 0 unspecified atom stereocenters. The Balaban J connectivity index is 1.57. The Morgan fingerprint density at radius 2 is 1.67 bits per heavy atom. The zero-order chi connectivity index (χ0) is 19.4. The van der Waals surface area contributed by atoms with Crippen molar-refractivity contribution in [2.24, 2.45) is 5.92 Å². The maximum absolute atomic E-state index is 12.6. The van der Waals surface area contributed by atoms with Crippen LogP contribution in [0.25, 0.3) is 0 Å². The second-order valence-corrected chi connectivity index (χ2v) is 7.27. The van der Waals surface area contributed by atoms with Crippen molar-refractivity contribution in [1.29, 1.82) is 0 Å². The van der Waals surface area contributed by atoms with Crippen LogP contribution in [0.3, 0.4) is 0 Å². The largest absolute Gasteiger partial charge is 0.465 e. The fourth-order valence-electron chi connectivity index (χ4n) is 3.87. The van der Waals surface area contributed by atoms with Gasteiger partial charge in [0, 0.05) is 24.6 Å². The first-order valence-electron chi connectivity index (χ1n) is 9.45. The van der Waals surface area contributed by atoms with Gasteiger partial charge in [-0.1, -0.05) is 0 Å². The molecule has 7 heteroatoms. The van der Waals surface area contributed by atoms with Crippen LogP contribution in [0, 0.1) is 5.92 Å². The summed E-state index contributed by atoms with van der Waals surface area (Å²) in [6, 6.07) is 5.68. The molecular weight excluding hydrogens is 348 g/mol. The first-order chi connectivity index (χ1) is 13.0. The van der Waals surface area contributed by atoms with Crippen LogP contribution < -0.4 is 5.32 Å². The molecule has 146 valence electrons. The Hall–Kier alpha value is -2.41. The third kappa shape index (κ3) is 4.47. The van der Waals surface area contributed by atoms with Crippen LogP contribution in [0.15, 0.2) is 24.3 Å². The van der Waals surface area contributed by atoms with Crippen molar-refractivity contribution in [2.45, 2.75) is 44.2 Å². The maximum Gasteiger partial charge on any atom is 0.337 e. The molecule has 2 N–H and O–H groups in total. The summed E-state index contributed by atoms with van der Waals surface area (Å²) in [5.74, 6) is -0.952. The minimum Gasteiger partial charge on any atom is -0.465 e. The van der Waals surface area contributed by atoms with Crippen molar-refractivity contribution in [2.75, 3.05) is 20.2 Å². The number of nitrogens with one attached hydrogen (secondary N) is 1. The maximum atomic E-state index is 12.6. The monoisotopic (exact) mass is 374 g/mol. The SMILES string of the molecule is COC(=O)c1ccc(C(=O)N[C@@H]2C[C@H](C(=O)N3CCCCC3)C[C@H]2O)cc1. The van der Waals surface area contributed by atoms with Gasteiger partial charge >= 0.3 is 5.97 Å². The van der Waals surface area contributed by atoms with Crippen molar-refractivity contribution in [1.82, 2.24) is 10.2 Å². The summed E-state index contributed by atoms with van der Waals surface area (Å²) in [6.45, 7) is 1.57. The number of aliphatic hydroxyl groups is 1. The molecule has 1 aliphatic heterocycles. The molecule has 1 saturated carbocycles. The number of esters is 1. The fourth-order valence-corrected chi connectivity index (χ4v) is 3.87. The highest BCUT2D eigenvalue weighted by molar-refractivity contribution is 5.96. The van der Waals surface area contributed by atoms with E-state index in [2.05, 4.69) is 10.1 Å². The zero-order valence-electron chi connectivity index (χ0n) is 15.5. The highest BCUT2D eigenvalue weighted by Gasteiger charge is 2.39. The van der Waals surface area contributed by atoms with Gasteiger partial charge in [0.05, 0.1) is 24.8 Å². The number of likely N-dealkylation sites (tertiary alicyclic amines) is 1. The number of methoxy groups -OCH3 is 1. The fraction of sp³-hybridized carbons (Fsp3) is 0.550. The van der Waals surface area contributed by atoms with Crippen LogP contribution in [0.2, 0.25) is 0 Å². The van der Waals surface area contributed by atoms with E-state index in [1.54, 1.807) is 12.1 Å². The minimum atomic E-state index is -0.734. The smallest absolute Gasteiger partial charge is 0.337 e. The van der Waals surface area contributed by atoms with Crippen LogP contribution in [-0.2, 0) is 9.53 Å². The van der Waals surface area contributed by atoms with Crippen molar-refractivity contribution < 1.29 is 24.2 Å². The molecule has 1 saturated heterocycles. The molecule has 7 nitrogen and oxygen atoms in total. The number of carbonyl (C=O) groups is 3. The first kappa shape index (κ1) is 19.4. The lowest BCUT2D eigenvalue weighted by Gasteiger charge is -2.29. The van der Waals surface area contributed by atoms with Crippen molar-refractivity contribution in [3.05, 3.63) is 35.4 Å². The molecule has 1 aromatic rings. The summed E-state index contributed by atoms with van der Waals surface area (Å²) < 4.78 is 4.63. The number of hydrogen-bond acceptors (Lipinski definition) is 5.